The first kappa shape index (κ1) is 25.6. The Hall–Kier alpha value is -2.49. The van der Waals surface area contributed by atoms with Gasteiger partial charge in [0.25, 0.3) is 0 Å². The van der Waals surface area contributed by atoms with Gasteiger partial charge in [0.2, 0.25) is 0 Å². The van der Waals surface area contributed by atoms with Gasteiger partial charge in [-0.15, -0.1) is 8.58 Å². The number of aryl methyl sites for hydroxylation is 1. The average molecular weight is 490 g/mol. The number of rotatable bonds is 12. The summed E-state index contributed by atoms with van der Waals surface area (Å²) in [6.45, 7) is 9.05. The van der Waals surface area contributed by atoms with Crippen molar-refractivity contribution in [1.29, 1.82) is 0 Å². The Balaban J connectivity index is 1.33. The highest BCUT2D eigenvalue weighted by molar-refractivity contribution is 7.38. The molecule has 2 aromatic carbocycles. The van der Waals surface area contributed by atoms with Gasteiger partial charge in [0.15, 0.2) is 5.82 Å². The van der Waals surface area contributed by atoms with Crippen molar-refractivity contribution in [3.8, 4) is 0 Å². The number of nitrogens with zero attached hydrogens (tertiary/aromatic N) is 3. The molecule has 2 atom stereocenters. The molecule has 4 rings (SSSR count). The highest BCUT2D eigenvalue weighted by atomic mass is 31.1. The van der Waals surface area contributed by atoms with Gasteiger partial charge in [-0.1, -0.05) is 69.7 Å². The smallest absolute Gasteiger partial charge is 0.152 e. The molecule has 3 N–H and O–H groups in total. The minimum absolute atomic E-state index is 0.493. The minimum atomic E-state index is 0.493. The van der Waals surface area contributed by atoms with Gasteiger partial charge in [-0.2, -0.15) is 5.10 Å². The second-order valence-electron chi connectivity index (χ2n) is 10.2. The maximum Gasteiger partial charge on any atom is 0.152 e. The van der Waals surface area contributed by atoms with E-state index in [-0.39, 0.29) is 0 Å². The summed E-state index contributed by atoms with van der Waals surface area (Å²) >= 11 is 0. The molecule has 0 saturated heterocycles. The fourth-order valence-corrected chi connectivity index (χ4v) is 5.92. The van der Waals surface area contributed by atoms with Crippen molar-refractivity contribution in [2.45, 2.75) is 58.7 Å². The number of anilines is 1. The van der Waals surface area contributed by atoms with Crippen LogP contribution in [0.15, 0.2) is 48.5 Å². The molecule has 0 amide bonds. The summed E-state index contributed by atoms with van der Waals surface area (Å²) in [5.41, 5.74) is 12.5. The monoisotopic (exact) mass is 489 g/mol. The molecule has 0 fully saturated rings. The summed E-state index contributed by atoms with van der Waals surface area (Å²) in [6.07, 6.45) is 6.22. The van der Waals surface area contributed by atoms with Crippen molar-refractivity contribution in [2.24, 2.45) is 13.0 Å². The molecule has 0 spiro atoms. The molecule has 2 unspecified atom stereocenters. The van der Waals surface area contributed by atoms with Gasteiger partial charge in [-0.25, -0.2) is 4.98 Å². The molecule has 35 heavy (non-hydrogen) atoms. The number of hydrogen-bond donors (Lipinski definition) is 2. The minimum Gasteiger partial charge on any atom is -0.382 e. The van der Waals surface area contributed by atoms with Crippen LogP contribution in [0.1, 0.15) is 56.9 Å². The molecule has 4 aromatic rings. The fraction of sp³-hybridized carbons (Fsp3) is 0.448. The van der Waals surface area contributed by atoms with Crippen molar-refractivity contribution in [1.82, 2.24) is 20.1 Å². The lowest BCUT2D eigenvalue weighted by Crippen LogP contribution is -2.17. The number of pyridine rings is 1. The normalized spacial score (nSPS) is 13.1. The number of hydrogen-bond acceptors (Lipinski definition) is 4. The molecule has 0 radical (unpaired) electrons. The first-order chi connectivity index (χ1) is 16.9. The first-order valence-electron chi connectivity index (χ1n) is 12.9. The summed E-state index contributed by atoms with van der Waals surface area (Å²) in [7, 11) is 3.09. The zero-order valence-electron chi connectivity index (χ0n) is 21.6. The summed E-state index contributed by atoms with van der Waals surface area (Å²) in [4.78, 5) is 4.54. The fourth-order valence-electron chi connectivity index (χ4n) is 4.67. The van der Waals surface area contributed by atoms with E-state index >= 15 is 0 Å². The van der Waals surface area contributed by atoms with E-state index in [1.165, 1.54) is 42.2 Å². The molecule has 0 saturated carbocycles. The van der Waals surface area contributed by atoms with E-state index in [9.17, 15) is 0 Å². The molecule has 186 valence electrons. The molecule has 0 aliphatic heterocycles. The summed E-state index contributed by atoms with van der Waals surface area (Å²) < 4.78 is 1.95. The van der Waals surface area contributed by atoms with Crippen LogP contribution in [0.4, 0.5) is 5.82 Å². The summed E-state index contributed by atoms with van der Waals surface area (Å²) in [5.74, 6) is 1.33. The van der Waals surface area contributed by atoms with Crippen molar-refractivity contribution >= 4 is 36.2 Å². The maximum absolute atomic E-state index is 6.24. The topological polar surface area (TPSA) is 68.8 Å². The molecular formula is C29H40N5P. The molecule has 0 bridgehead atoms. The van der Waals surface area contributed by atoms with Gasteiger partial charge in [0, 0.05) is 30.8 Å². The SMILES string of the molecule is CC(C)CCCPC(C)CCNCc1ccc(Cc2c3c(nn2C)c(N)nc2ccccc23)cc1. The number of nitrogens with two attached hydrogens (primary N) is 1. The van der Waals surface area contributed by atoms with E-state index in [4.69, 9.17) is 10.8 Å². The van der Waals surface area contributed by atoms with Crippen molar-refractivity contribution in [2.75, 3.05) is 18.4 Å². The predicted molar refractivity (Wildman–Crippen MR) is 153 cm³/mol. The van der Waals surface area contributed by atoms with E-state index in [0.717, 1.165) is 61.5 Å². The van der Waals surface area contributed by atoms with Crippen LogP contribution in [0.2, 0.25) is 0 Å². The quantitative estimate of drug-likeness (QED) is 0.182. The Morgan fingerprint density at radius 3 is 2.51 bits per heavy atom. The van der Waals surface area contributed by atoms with Crippen LogP contribution in [0, 0.1) is 5.92 Å². The summed E-state index contributed by atoms with van der Waals surface area (Å²) in [5, 5.41) is 10.5. The van der Waals surface area contributed by atoms with Crippen molar-refractivity contribution < 1.29 is 0 Å². The number of fused-ring (bicyclic) bond motifs is 3. The van der Waals surface area contributed by atoms with Crippen LogP contribution in [0.5, 0.6) is 0 Å². The van der Waals surface area contributed by atoms with Crippen molar-refractivity contribution in [3.63, 3.8) is 0 Å². The van der Waals surface area contributed by atoms with Crippen LogP contribution in [0.3, 0.4) is 0 Å². The predicted octanol–water partition coefficient (Wildman–Crippen LogP) is 6.28. The molecule has 2 heterocycles. The molecule has 0 aliphatic carbocycles. The van der Waals surface area contributed by atoms with E-state index in [1.807, 2.05) is 29.9 Å². The number of para-hydroxylation sites is 1. The Labute approximate surface area is 211 Å². The Morgan fingerprint density at radius 2 is 1.74 bits per heavy atom. The third kappa shape index (κ3) is 6.59. The van der Waals surface area contributed by atoms with Crippen LogP contribution < -0.4 is 11.1 Å². The lowest BCUT2D eigenvalue weighted by Gasteiger charge is -2.13. The van der Waals surface area contributed by atoms with E-state index in [2.05, 4.69) is 61.4 Å². The lowest BCUT2D eigenvalue weighted by molar-refractivity contribution is 0.577. The van der Waals surface area contributed by atoms with Crippen LogP contribution in [0.25, 0.3) is 21.8 Å². The molecular weight excluding hydrogens is 449 g/mol. The number of nitrogens with one attached hydrogen (secondary N) is 1. The van der Waals surface area contributed by atoms with Gasteiger partial charge >= 0.3 is 0 Å². The largest absolute Gasteiger partial charge is 0.382 e. The number of nitrogen functional groups attached to an aromatic ring is 1. The lowest BCUT2D eigenvalue weighted by atomic mass is 10.0. The van der Waals surface area contributed by atoms with Gasteiger partial charge in [0.05, 0.1) is 11.2 Å². The Bertz CT molecular complexity index is 1250. The van der Waals surface area contributed by atoms with Gasteiger partial charge in [-0.3, -0.25) is 4.68 Å². The third-order valence-electron chi connectivity index (χ3n) is 6.75. The third-order valence-corrected chi connectivity index (χ3v) is 8.38. The first-order valence-corrected chi connectivity index (χ1v) is 14.2. The Kier molecular flexibility index (Phi) is 8.75. The maximum atomic E-state index is 6.24. The average Bonchev–Trinajstić information content (AvgIpc) is 3.17. The van der Waals surface area contributed by atoms with E-state index < -0.39 is 0 Å². The number of aromatic nitrogens is 3. The van der Waals surface area contributed by atoms with Crippen LogP contribution in [-0.4, -0.2) is 33.1 Å². The molecule has 6 heteroatoms. The van der Waals surface area contributed by atoms with Gasteiger partial charge < -0.3 is 11.1 Å². The van der Waals surface area contributed by atoms with Gasteiger partial charge in [0.1, 0.15) is 5.52 Å². The van der Waals surface area contributed by atoms with E-state index in [1.54, 1.807) is 0 Å². The van der Waals surface area contributed by atoms with E-state index in [0.29, 0.717) is 5.82 Å². The second kappa shape index (κ2) is 12.0. The van der Waals surface area contributed by atoms with Crippen LogP contribution in [-0.2, 0) is 20.0 Å². The Morgan fingerprint density at radius 1 is 1.00 bits per heavy atom. The van der Waals surface area contributed by atoms with Crippen molar-refractivity contribution in [3.05, 3.63) is 65.4 Å². The zero-order valence-corrected chi connectivity index (χ0v) is 22.6. The standard InChI is InChI=1S/C29H40N5P/c1-20(2)8-7-17-35-21(3)15-16-31-19-23-13-11-22(12-14-23)18-26-27-24-9-5-6-10-25(24)32-29(30)28(27)33-34(26)4/h5-6,9-14,20-21,31,35H,7-8,15-19H2,1-4H3,(H2,30,32). The van der Waals surface area contributed by atoms with Crippen LogP contribution >= 0.6 is 8.58 Å². The summed E-state index contributed by atoms with van der Waals surface area (Å²) in [6, 6.07) is 17.1. The molecule has 0 aliphatic rings. The molecule has 5 nitrogen and oxygen atoms in total. The molecule has 2 aromatic heterocycles. The van der Waals surface area contributed by atoms with Gasteiger partial charge in [-0.05, 0) is 54.3 Å². The zero-order chi connectivity index (χ0) is 24.8. The highest BCUT2D eigenvalue weighted by Gasteiger charge is 2.16. The second-order valence-corrected chi connectivity index (χ2v) is 12.1. The number of benzene rings is 2. The highest BCUT2D eigenvalue weighted by Crippen LogP contribution is 2.31.